The summed E-state index contributed by atoms with van der Waals surface area (Å²) in [4.78, 5) is 15.2. The standard InChI is InChI=1S/C45H27N3O/c1-3-12-28(13-4-1)30-16-11-17-31(26-30)44-46-43(29-14-5-2-6-15-29)47-45(48-44)32-22-23-34-33-18-7-8-20-36(33)41-37(39(34)27-32)24-25-38-35-19-9-10-21-40(35)49-42(38)41/h1-27H. The van der Waals surface area contributed by atoms with Crippen LogP contribution in [0.4, 0.5) is 0 Å². The minimum absolute atomic E-state index is 0.627. The summed E-state index contributed by atoms with van der Waals surface area (Å²) < 4.78 is 6.58. The van der Waals surface area contributed by atoms with Gasteiger partial charge in [-0.1, -0.05) is 140 Å². The van der Waals surface area contributed by atoms with Gasteiger partial charge >= 0.3 is 0 Å². The molecule has 0 fully saturated rings. The molecule has 0 unspecified atom stereocenters. The Bertz CT molecular complexity index is 2880. The predicted molar refractivity (Wildman–Crippen MR) is 201 cm³/mol. The lowest BCUT2D eigenvalue weighted by atomic mass is 9.92. The zero-order chi connectivity index (χ0) is 32.3. The number of furan rings is 1. The molecular weight excluding hydrogens is 599 g/mol. The molecule has 0 N–H and O–H groups in total. The molecule has 0 aliphatic carbocycles. The lowest BCUT2D eigenvalue weighted by Crippen LogP contribution is -2.00. The predicted octanol–water partition coefficient (Wildman–Crippen LogP) is 11.9. The Kier molecular flexibility index (Phi) is 6.15. The minimum Gasteiger partial charge on any atom is -0.455 e. The van der Waals surface area contributed by atoms with Crippen LogP contribution in [0.25, 0.3) is 99.5 Å². The lowest BCUT2D eigenvalue weighted by Gasteiger charge is -2.13. The van der Waals surface area contributed by atoms with Gasteiger partial charge in [-0.05, 0) is 62.3 Å². The quantitative estimate of drug-likeness (QED) is 0.183. The molecule has 0 saturated carbocycles. The van der Waals surface area contributed by atoms with Crippen LogP contribution in [0.3, 0.4) is 0 Å². The molecule has 4 nitrogen and oxygen atoms in total. The van der Waals surface area contributed by atoms with Crippen molar-refractivity contribution >= 4 is 54.3 Å². The Balaban J connectivity index is 1.22. The van der Waals surface area contributed by atoms with E-state index >= 15 is 0 Å². The third kappa shape index (κ3) is 4.49. The summed E-state index contributed by atoms with van der Waals surface area (Å²) in [6.07, 6.45) is 0. The first-order valence-corrected chi connectivity index (χ1v) is 16.4. The van der Waals surface area contributed by atoms with E-state index in [1.54, 1.807) is 0 Å². The fourth-order valence-electron chi connectivity index (χ4n) is 7.18. The summed E-state index contributed by atoms with van der Waals surface area (Å²) in [5.41, 5.74) is 6.87. The van der Waals surface area contributed by atoms with Crippen LogP contribution in [0.1, 0.15) is 0 Å². The van der Waals surface area contributed by atoms with Crippen molar-refractivity contribution in [2.45, 2.75) is 0 Å². The van der Waals surface area contributed by atoms with Crippen LogP contribution in [-0.2, 0) is 0 Å². The molecule has 0 spiro atoms. The molecule has 49 heavy (non-hydrogen) atoms. The van der Waals surface area contributed by atoms with E-state index in [-0.39, 0.29) is 0 Å². The fourth-order valence-corrected chi connectivity index (χ4v) is 7.18. The second kappa shape index (κ2) is 11.0. The molecule has 2 heterocycles. The number of rotatable bonds is 4. The van der Waals surface area contributed by atoms with Gasteiger partial charge in [0.2, 0.25) is 0 Å². The van der Waals surface area contributed by atoms with Gasteiger partial charge in [-0.15, -0.1) is 0 Å². The van der Waals surface area contributed by atoms with Gasteiger partial charge in [0.25, 0.3) is 0 Å². The van der Waals surface area contributed by atoms with E-state index in [1.165, 1.54) is 16.2 Å². The minimum atomic E-state index is 0.627. The highest BCUT2D eigenvalue weighted by molar-refractivity contribution is 6.32. The van der Waals surface area contributed by atoms with Crippen LogP contribution >= 0.6 is 0 Å². The largest absolute Gasteiger partial charge is 0.455 e. The lowest BCUT2D eigenvalue weighted by molar-refractivity contribution is 0.673. The molecule has 2 aromatic heterocycles. The number of benzene rings is 8. The molecule has 0 saturated heterocycles. The first-order valence-electron chi connectivity index (χ1n) is 16.4. The molecule has 0 aliphatic rings. The molecule has 4 heteroatoms. The van der Waals surface area contributed by atoms with Crippen molar-refractivity contribution in [3.63, 3.8) is 0 Å². The maximum atomic E-state index is 6.58. The number of fused-ring (bicyclic) bond motifs is 10. The second-order valence-electron chi connectivity index (χ2n) is 12.4. The Morgan fingerprint density at radius 3 is 1.59 bits per heavy atom. The van der Waals surface area contributed by atoms with Crippen molar-refractivity contribution in [1.29, 1.82) is 0 Å². The summed E-state index contributed by atoms with van der Waals surface area (Å²) in [6, 6.07) is 56.8. The highest BCUT2D eigenvalue weighted by Crippen LogP contribution is 2.42. The van der Waals surface area contributed by atoms with E-state index in [2.05, 4.69) is 115 Å². The molecule has 0 bridgehead atoms. The molecule has 8 aromatic carbocycles. The highest BCUT2D eigenvalue weighted by atomic mass is 16.3. The van der Waals surface area contributed by atoms with E-state index in [0.29, 0.717) is 17.5 Å². The summed E-state index contributed by atoms with van der Waals surface area (Å²) in [5, 5.41) is 9.16. The van der Waals surface area contributed by atoms with Crippen LogP contribution < -0.4 is 0 Å². The second-order valence-corrected chi connectivity index (χ2v) is 12.4. The normalized spacial score (nSPS) is 11.7. The van der Waals surface area contributed by atoms with Crippen molar-refractivity contribution in [2.24, 2.45) is 0 Å². The maximum Gasteiger partial charge on any atom is 0.164 e. The van der Waals surface area contributed by atoms with Crippen LogP contribution in [0, 0.1) is 0 Å². The number of hydrogen-bond donors (Lipinski definition) is 0. The third-order valence-corrected chi connectivity index (χ3v) is 9.50. The van der Waals surface area contributed by atoms with Crippen LogP contribution in [0.15, 0.2) is 168 Å². The van der Waals surface area contributed by atoms with Gasteiger partial charge in [-0.2, -0.15) is 0 Å². The fraction of sp³-hybridized carbons (Fsp3) is 0. The van der Waals surface area contributed by atoms with Crippen molar-refractivity contribution < 1.29 is 4.42 Å². The Labute approximate surface area is 282 Å². The topological polar surface area (TPSA) is 51.8 Å². The zero-order valence-corrected chi connectivity index (χ0v) is 26.3. The number of nitrogens with zero attached hydrogens (tertiary/aromatic N) is 3. The van der Waals surface area contributed by atoms with Crippen LogP contribution in [0.2, 0.25) is 0 Å². The molecular formula is C45H27N3O. The Morgan fingerprint density at radius 2 is 0.816 bits per heavy atom. The summed E-state index contributed by atoms with van der Waals surface area (Å²) in [7, 11) is 0. The average molecular weight is 626 g/mol. The molecule has 0 atom stereocenters. The van der Waals surface area contributed by atoms with Crippen molar-refractivity contribution in [3.8, 4) is 45.3 Å². The Morgan fingerprint density at radius 1 is 0.306 bits per heavy atom. The van der Waals surface area contributed by atoms with Gasteiger partial charge in [-0.3, -0.25) is 0 Å². The molecule has 0 radical (unpaired) electrons. The van der Waals surface area contributed by atoms with E-state index in [0.717, 1.165) is 65.9 Å². The highest BCUT2D eigenvalue weighted by Gasteiger charge is 2.18. The van der Waals surface area contributed by atoms with Gasteiger partial charge in [0.05, 0.1) is 0 Å². The van der Waals surface area contributed by atoms with Gasteiger partial charge < -0.3 is 4.42 Å². The first kappa shape index (κ1) is 27.5. The number of hydrogen-bond acceptors (Lipinski definition) is 4. The third-order valence-electron chi connectivity index (χ3n) is 9.50. The molecule has 228 valence electrons. The summed E-state index contributed by atoms with van der Waals surface area (Å²) in [6.45, 7) is 0. The van der Waals surface area contributed by atoms with Crippen LogP contribution in [0.5, 0.6) is 0 Å². The van der Waals surface area contributed by atoms with E-state index < -0.39 is 0 Å². The van der Waals surface area contributed by atoms with Gasteiger partial charge in [0.1, 0.15) is 11.2 Å². The first-order chi connectivity index (χ1) is 24.3. The van der Waals surface area contributed by atoms with Crippen molar-refractivity contribution in [1.82, 2.24) is 15.0 Å². The van der Waals surface area contributed by atoms with Gasteiger partial charge in [0.15, 0.2) is 17.5 Å². The Hall–Kier alpha value is -6.65. The average Bonchev–Trinajstić information content (AvgIpc) is 3.57. The smallest absolute Gasteiger partial charge is 0.164 e. The monoisotopic (exact) mass is 625 g/mol. The number of para-hydroxylation sites is 1. The molecule has 10 rings (SSSR count). The van der Waals surface area contributed by atoms with Gasteiger partial charge in [-0.25, -0.2) is 15.0 Å². The van der Waals surface area contributed by atoms with Crippen molar-refractivity contribution in [2.75, 3.05) is 0 Å². The molecule has 0 amide bonds. The SMILES string of the molecule is c1ccc(-c2cccc(-c3nc(-c4ccccc4)nc(-c4ccc5c6ccccc6c6c(ccc7c8ccccc8oc76)c5c4)n3)c2)cc1. The van der Waals surface area contributed by atoms with Crippen LogP contribution in [-0.4, -0.2) is 15.0 Å². The van der Waals surface area contributed by atoms with E-state index in [9.17, 15) is 0 Å². The number of aromatic nitrogens is 3. The summed E-state index contributed by atoms with van der Waals surface area (Å²) >= 11 is 0. The summed E-state index contributed by atoms with van der Waals surface area (Å²) in [5.74, 6) is 1.90. The zero-order valence-electron chi connectivity index (χ0n) is 26.3. The van der Waals surface area contributed by atoms with Gasteiger partial charge in [0, 0.05) is 32.8 Å². The van der Waals surface area contributed by atoms with E-state index in [4.69, 9.17) is 19.4 Å². The maximum absolute atomic E-state index is 6.58. The molecule has 0 aliphatic heterocycles. The molecule has 10 aromatic rings. The van der Waals surface area contributed by atoms with E-state index in [1.807, 2.05) is 48.5 Å². The van der Waals surface area contributed by atoms with Crippen molar-refractivity contribution in [3.05, 3.63) is 164 Å².